The smallest absolute Gasteiger partial charge is 0.314 e. The molecule has 0 spiro atoms. The molecule has 2 aromatic rings. The third-order valence-electron chi connectivity index (χ3n) is 4.67. The summed E-state index contributed by atoms with van der Waals surface area (Å²) in [5.74, 6) is -2.52. The van der Waals surface area contributed by atoms with Gasteiger partial charge in [-0.25, -0.2) is 12.8 Å². The van der Waals surface area contributed by atoms with Gasteiger partial charge >= 0.3 is 5.97 Å². The van der Waals surface area contributed by atoms with Crippen molar-refractivity contribution >= 4 is 15.8 Å². The molecule has 2 aromatic carbocycles. The minimum atomic E-state index is -3.90. The molecule has 25 heavy (non-hydrogen) atoms. The van der Waals surface area contributed by atoms with Gasteiger partial charge in [0.2, 0.25) is 0 Å². The normalized spacial score (nSPS) is 25.5. The van der Waals surface area contributed by atoms with Crippen molar-refractivity contribution in [3.05, 3.63) is 66.0 Å². The molecule has 0 radical (unpaired) electrons. The summed E-state index contributed by atoms with van der Waals surface area (Å²) in [6.07, 6.45) is 0. The van der Waals surface area contributed by atoms with Crippen LogP contribution in [0.2, 0.25) is 0 Å². The van der Waals surface area contributed by atoms with Crippen LogP contribution in [0.1, 0.15) is 11.5 Å². The van der Waals surface area contributed by atoms with Crippen LogP contribution in [0.4, 0.5) is 4.39 Å². The summed E-state index contributed by atoms with van der Waals surface area (Å²) in [4.78, 5) is 12.1. The van der Waals surface area contributed by atoms with Crippen LogP contribution in [0.15, 0.2) is 59.5 Å². The summed E-state index contributed by atoms with van der Waals surface area (Å²) in [6.45, 7) is -0.249. The number of methoxy groups -OCH3 is 1. The molecule has 0 bridgehead atoms. The van der Waals surface area contributed by atoms with Gasteiger partial charge in [-0.15, -0.1) is 0 Å². The topological polar surface area (TPSA) is 80.7 Å². The molecule has 0 unspecified atom stereocenters. The quantitative estimate of drug-likeness (QED) is 0.852. The van der Waals surface area contributed by atoms with Crippen molar-refractivity contribution in [2.75, 3.05) is 13.7 Å². The second-order valence-electron chi connectivity index (χ2n) is 6.09. The van der Waals surface area contributed by atoms with E-state index in [1.54, 1.807) is 18.2 Å². The van der Waals surface area contributed by atoms with Gasteiger partial charge in [0, 0.05) is 13.0 Å². The van der Waals surface area contributed by atoms with E-state index in [2.05, 4.69) is 0 Å². The van der Waals surface area contributed by atoms with E-state index in [0.717, 1.165) is 0 Å². The van der Waals surface area contributed by atoms with Crippen molar-refractivity contribution in [1.82, 2.24) is 0 Å². The number of ether oxygens (including phenoxy) is 1. The zero-order chi connectivity index (χ0) is 18.2. The molecule has 1 aliphatic rings. The molecule has 1 aliphatic carbocycles. The molecule has 0 amide bonds. The molecule has 1 N–H and O–H groups in total. The van der Waals surface area contributed by atoms with Crippen molar-refractivity contribution in [2.45, 2.75) is 16.1 Å². The van der Waals surface area contributed by atoms with Crippen LogP contribution >= 0.6 is 0 Å². The zero-order valence-electron chi connectivity index (χ0n) is 13.4. The third kappa shape index (κ3) is 2.73. The average molecular weight is 364 g/mol. The van der Waals surface area contributed by atoms with E-state index in [-0.39, 0.29) is 11.5 Å². The number of carbonyl (C=O) groups is 1. The number of rotatable bonds is 6. The van der Waals surface area contributed by atoms with Crippen molar-refractivity contribution in [2.24, 2.45) is 5.41 Å². The van der Waals surface area contributed by atoms with E-state index in [1.165, 1.54) is 43.5 Å². The molecule has 132 valence electrons. The third-order valence-corrected chi connectivity index (χ3v) is 6.96. The summed E-state index contributed by atoms with van der Waals surface area (Å²) >= 11 is 0. The Morgan fingerprint density at radius 1 is 1.16 bits per heavy atom. The van der Waals surface area contributed by atoms with Gasteiger partial charge in [0.05, 0.1) is 16.8 Å². The average Bonchev–Trinajstić information content (AvgIpc) is 3.28. The van der Waals surface area contributed by atoms with Gasteiger partial charge in [0.1, 0.15) is 11.2 Å². The Bertz CT molecular complexity index is 879. The highest BCUT2D eigenvalue weighted by Crippen LogP contribution is 2.64. The van der Waals surface area contributed by atoms with Crippen LogP contribution in [0.5, 0.6) is 0 Å². The second-order valence-corrected chi connectivity index (χ2v) is 8.16. The minimum absolute atomic E-state index is 0.0614. The number of carboxylic acid groups (broad SMARTS) is 1. The van der Waals surface area contributed by atoms with Gasteiger partial charge in [-0.05, 0) is 29.8 Å². The Hall–Kier alpha value is -2.25. The number of benzene rings is 2. The fourth-order valence-electron chi connectivity index (χ4n) is 3.49. The lowest BCUT2D eigenvalue weighted by Crippen LogP contribution is -2.28. The molecule has 0 heterocycles. The Kier molecular flexibility index (Phi) is 4.38. The van der Waals surface area contributed by atoms with Gasteiger partial charge in [-0.2, -0.15) is 0 Å². The monoisotopic (exact) mass is 364 g/mol. The largest absolute Gasteiger partial charge is 0.481 e. The molecule has 0 aromatic heterocycles. The number of halogens is 1. The number of carboxylic acids is 1. The molecule has 3 atom stereocenters. The molecule has 1 saturated carbocycles. The number of hydrogen-bond donors (Lipinski definition) is 1. The van der Waals surface area contributed by atoms with Crippen molar-refractivity contribution in [1.29, 1.82) is 0 Å². The highest BCUT2D eigenvalue weighted by Gasteiger charge is 2.76. The first kappa shape index (κ1) is 17.6. The first-order valence-corrected chi connectivity index (χ1v) is 9.17. The van der Waals surface area contributed by atoms with Crippen LogP contribution in [0.25, 0.3) is 0 Å². The van der Waals surface area contributed by atoms with Crippen molar-refractivity contribution in [3.63, 3.8) is 0 Å². The van der Waals surface area contributed by atoms with Crippen LogP contribution < -0.4 is 0 Å². The zero-order valence-corrected chi connectivity index (χ0v) is 14.2. The maximum absolute atomic E-state index is 13.2. The van der Waals surface area contributed by atoms with Gasteiger partial charge in [0.25, 0.3) is 0 Å². The predicted octanol–water partition coefficient (Wildman–Crippen LogP) is 2.48. The number of aliphatic carboxylic acids is 1. The molecule has 0 saturated heterocycles. The van der Waals surface area contributed by atoms with Gasteiger partial charge in [-0.1, -0.05) is 30.3 Å². The molecule has 7 heteroatoms. The lowest BCUT2D eigenvalue weighted by Gasteiger charge is -2.12. The molecule has 1 fully saturated rings. The lowest BCUT2D eigenvalue weighted by atomic mass is 10.00. The predicted molar refractivity (Wildman–Crippen MR) is 88.5 cm³/mol. The van der Waals surface area contributed by atoms with Crippen molar-refractivity contribution < 1.29 is 27.4 Å². The maximum Gasteiger partial charge on any atom is 0.314 e. The summed E-state index contributed by atoms with van der Waals surface area (Å²) in [7, 11) is -2.57. The van der Waals surface area contributed by atoms with Crippen LogP contribution in [-0.4, -0.2) is 38.5 Å². The van der Waals surface area contributed by atoms with Crippen LogP contribution in [0.3, 0.4) is 0 Å². The second kappa shape index (κ2) is 6.24. The van der Waals surface area contributed by atoms with E-state index in [4.69, 9.17) is 4.74 Å². The summed E-state index contributed by atoms with van der Waals surface area (Å²) < 4.78 is 44.3. The standard InChI is InChI=1S/C18H17FO5S/c1-24-11-18(17(20)21)15(12-7-9-13(19)10-8-12)16(18)25(22,23)14-5-3-2-4-6-14/h2-10,15-16H,11H2,1H3,(H,20,21)/t15-,16-,18+/m1/s1. The minimum Gasteiger partial charge on any atom is -0.481 e. The van der Waals surface area contributed by atoms with Gasteiger partial charge < -0.3 is 9.84 Å². The van der Waals surface area contributed by atoms with E-state index in [9.17, 15) is 22.7 Å². The van der Waals surface area contributed by atoms with Crippen LogP contribution in [0, 0.1) is 11.2 Å². The maximum atomic E-state index is 13.2. The summed E-state index contributed by atoms with van der Waals surface area (Å²) in [5, 5.41) is 8.61. The Balaban J connectivity index is 2.12. The van der Waals surface area contributed by atoms with Crippen molar-refractivity contribution in [3.8, 4) is 0 Å². The lowest BCUT2D eigenvalue weighted by molar-refractivity contribution is -0.145. The SMILES string of the molecule is COC[C@]1(C(=O)O)[C@H](c2ccc(F)cc2)[C@H]1S(=O)(=O)c1ccccc1. The first-order valence-electron chi connectivity index (χ1n) is 7.62. The highest BCUT2D eigenvalue weighted by molar-refractivity contribution is 7.92. The van der Waals surface area contributed by atoms with Crippen LogP contribution in [-0.2, 0) is 19.4 Å². The summed E-state index contributed by atoms with van der Waals surface area (Å²) in [6, 6.07) is 13.0. The van der Waals surface area contributed by atoms with E-state index in [0.29, 0.717) is 5.56 Å². The molecule has 5 nitrogen and oxygen atoms in total. The molecule has 3 rings (SSSR count). The van der Waals surface area contributed by atoms with E-state index in [1.807, 2.05) is 0 Å². The first-order chi connectivity index (χ1) is 11.9. The highest BCUT2D eigenvalue weighted by atomic mass is 32.2. The molecule has 0 aliphatic heterocycles. The van der Waals surface area contributed by atoms with E-state index < -0.39 is 38.2 Å². The number of hydrogen-bond acceptors (Lipinski definition) is 4. The fourth-order valence-corrected chi connectivity index (χ4v) is 5.87. The molecular formula is C18H17FO5S. The summed E-state index contributed by atoms with van der Waals surface area (Å²) in [5.41, 5.74) is -1.13. The Morgan fingerprint density at radius 3 is 2.28 bits per heavy atom. The number of sulfone groups is 1. The molecular weight excluding hydrogens is 347 g/mol. The van der Waals surface area contributed by atoms with Gasteiger partial charge in [-0.3, -0.25) is 4.79 Å². The Labute approximate surface area is 145 Å². The Morgan fingerprint density at radius 2 is 1.76 bits per heavy atom. The van der Waals surface area contributed by atoms with E-state index >= 15 is 0 Å². The van der Waals surface area contributed by atoms with Gasteiger partial charge in [0.15, 0.2) is 9.84 Å². The fraction of sp³-hybridized carbons (Fsp3) is 0.278.